The fraction of sp³-hybridized carbons (Fsp3) is 0.138. The Morgan fingerprint density at radius 2 is 1.55 bits per heavy atom. The molecule has 5 rings (SSSR count). The number of nitrogens with zero attached hydrogens (tertiary/aromatic N) is 1. The fourth-order valence-electron chi connectivity index (χ4n) is 4.56. The first-order chi connectivity index (χ1) is 16.2. The smallest absolute Gasteiger partial charge is 0.161 e. The largest absolute Gasteiger partial charge is 0.504 e. The Morgan fingerprint density at radius 1 is 0.758 bits per heavy atom. The molecular formula is C29H25NO3. The van der Waals surface area contributed by atoms with Gasteiger partial charge in [-0.2, -0.15) is 0 Å². The van der Waals surface area contributed by atoms with Gasteiger partial charge in [0.15, 0.2) is 11.5 Å². The molecule has 0 saturated heterocycles. The van der Waals surface area contributed by atoms with Crippen LogP contribution in [0.5, 0.6) is 17.2 Å². The molecule has 4 nitrogen and oxygen atoms in total. The van der Waals surface area contributed by atoms with Crippen LogP contribution in [0.25, 0.3) is 21.5 Å². The topological polar surface area (TPSA) is 51.6 Å². The number of phenols is 1. The number of rotatable bonds is 6. The molecular weight excluding hydrogens is 410 g/mol. The summed E-state index contributed by atoms with van der Waals surface area (Å²) in [6.45, 7) is 0. The first-order valence-corrected chi connectivity index (χ1v) is 10.9. The number of fused-ring (bicyclic) bond motifs is 3. The average molecular weight is 436 g/mol. The van der Waals surface area contributed by atoms with Gasteiger partial charge in [-0.3, -0.25) is 4.98 Å². The van der Waals surface area contributed by atoms with Gasteiger partial charge < -0.3 is 14.6 Å². The minimum atomic E-state index is 0.122. The lowest BCUT2D eigenvalue weighted by Gasteiger charge is -2.18. The number of hydrogen-bond donors (Lipinski definition) is 1. The lowest BCUT2D eigenvalue weighted by molar-refractivity contribution is 0.374. The van der Waals surface area contributed by atoms with Crippen molar-refractivity contribution in [2.24, 2.45) is 0 Å². The second-order valence-electron chi connectivity index (χ2n) is 8.11. The van der Waals surface area contributed by atoms with E-state index in [1.165, 1.54) is 11.1 Å². The highest BCUT2D eigenvalue weighted by Gasteiger charge is 2.17. The highest BCUT2D eigenvalue weighted by atomic mass is 16.5. The summed E-state index contributed by atoms with van der Waals surface area (Å²) in [5.74, 6) is 1.41. The summed E-state index contributed by atoms with van der Waals surface area (Å²) in [5, 5.41) is 14.8. The first kappa shape index (κ1) is 20.8. The molecule has 0 amide bonds. The second kappa shape index (κ2) is 8.83. The van der Waals surface area contributed by atoms with Crippen molar-refractivity contribution in [2.75, 3.05) is 14.2 Å². The van der Waals surface area contributed by atoms with Crippen molar-refractivity contribution in [3.8, 4) is 17.2 Å². The minimum absolute atomic E-state index is 0.122. The number of aromatic nitrogens is 1. The lowest BCUT2D eigenvalue weighted by atomic mass is 9.89. The number of phenolic OH excluding ortho intramolecular Hbond substituents is 1. The van der Waals surface area contributed by atoms with E-state index in [2.05, 4.69) is 29.2 Å². The van der Waals surface area contributed by atoms with Gasteiger partial charge in [0.2, 0.25) is 0 Å². The number of methoxy groups -OCH3 is 2. The third kappa shape index (κ3) is 3.96. The van der Waals surface area contributed by atoms with Crippen LogP contribution < -0.4 is 9.47 Å². The quantitative estimate of drug-likeness (QED) is 0.318. The summed E-state index contributed by atoms with van der Waals surface area (Å²) < 4.78 is 11.2. The van der Waals surface area contributed by atoms with Crippen LogP contribution in [-0.2, 0) is 12.8 Å². The van der Waals surface area contributed by atoms with Gasteiger partial charge in [-0.15, -0.1) is 0 Å². The van der Waals surface area contributed by atoms with Gasteiger partial charge in [0.05, 0.1) is 14.2 Å². The van der Waals surface area contributed by atoms with Crippen molar-refractivity contribution in [3.05, 3.63) is 107 Å². The van der Waals surface area contributed by atoms with Crippen LogP contribution in [0.15, 0.2) is 85.1 Å². The molecule has 0 spiro atoms. The monoisotopic (exact) mass is 435 g/mol. The highest BCUT2D eigenvalue weighted by molar-refractivity contribution is 6.12. The molecule has 0 unspecified atom stereocenters. The van der Waals surface area contributed by atoms with Crippen molar-refractivity contribution >= 4 is 21.5 Å². The standard InChI is InChI=1S/C29H25NO3/c1-32-27-12-11-23-20(16-22-10-6-7-13-30-22)15-21-17-28(33-2)26(31)18-24(21)29(23)25(27)14-19-8-4-3-5-9-19/h3-13,15,17-18,31H,14,16H2,1-2H3. The molecule has 0 aliphatic rings. The van der Waals surface area contributed by atoms with Crippen molar-refractivity contribution in [3.63, 3.8) is 0 Å². The number of ether oxygens (including phenoxy) is 2. The zero-order chi connectivity index (χ0) is 22.8. The summed E-state index contributed by atoms with van der Waals surface area (Å²) in [6.07, 6.45) is 3.24. The molecule has 0 saturated carbocycles. The van der Waals surface area contributed by atoms with Gasteiger partial charge in [0.25, 0.3) is 0 Å². The maximum atomic E-state index is 10.6. The van der Waals surface area contributed by atoms with Gasteiger partial charge in [-0.25, -0.2) is 0 Å². The Labute approximate surface area is 193 Å². The van der Waals surface area contributed by atoms with Crippen LogP contribution in [-0.4, -0.2) is 24.3 Å². The van der Waals surface area contributed by atoms with Crippen LogP contribution in [0.2, 0.25) is 0 Å². The number of hydrogen-bond acceptors (Lipinski definition) is 4. The van der Waals surface area contributed by atoms with E-state index in [0.717, 1.165) is 45.0 Å². The lowest BCUT2D eigenvalue weighted by Crippen LogP contribution is -2.00. The second-order valence-corrected chi connectivity index (χ2v) is 8.11. The molecule has 1 aromatic heterocycles. The predicted octanol–water partition coefficient (Wildman–Crippen LogP) is 6.29. The Kier molecular flexibility index (Phi) is 5.57. The van der Waals surface area contributed by atoms with Crippen molar-refractivity contribution in [1.29, 1.82) is 0 Å². The normalized spacial score (nSPS) is 11.1. The first-order valence-electron chi connectivity index (χ1n) is 10.9. The van der Waals surface area contributed by atoms with E-state index >= 15 is 0 Å². The van der Waals surface area contributed by atoms with E-state index in [4.69, 9.17) is 9.47 Å². The van der Waals surface area contributed by atoms with E-state index in [9.17, 15) is 5.11 Å². The molecule has 0 aliphatic heterocycles. The van der Waals surface area contributed by atoms with Crippen molar-refractivity contribution in [2.45, 2.75) is 12.8 Å². The van der Waals surface area contributed by atoms with E-state index in [0.29, 0.717) is 12.2 Å². The van der Waals surface area contributed by atoms with Gasteiger partial charge in [-0.1, -0.05) is 42.5 Å². The zero-order valence-electron chi connectivity index (χ0n) is 18.7. The van der Waals surface area contributed by atoms with Crippen LogP contribution >= 0.6 is 0 Å². The Bertz CT molecular complexity index is 1430. The molecule has 5 aromatic rings. The summed E-state index contributed by atoms with van der Waals surface area (Å²) >= 11 is 0. The third-order valence-corrected chi connectivity index (χ3v) is 6.11. The molecule has 0 bridgehead atoms. The molecule has 0 fully saturated rings. The van der Waals surface area contributed by atoms with E-state index < -0.39 is 0 Å². The van der Waals surface area contributed by atoms with E-state index in [-0.39, 0.29) is 5.75 Å². The minimum Gasteiger partial charge on any atom is -0.504 e. The molecule has 0 aliphatic carbocycles. The SMILES string of the molecule is COc1cc2cc(Cc3ccccn3)c3ccc(OC)c(Cc4ccccc4)c3c2cc1O. The maximum Gasteiger partial charge on any atom is 0.161 e. The number of pyridine rings is 1. The number of benzene rings is 4. The van der Waals surface area contributed by atoms with Crippen molar-refractivity contribution < 1.29 is 14.6 Å². The predicted molar refractivity (Wildman–Crippen MR) is 133 cm³/mol. The molecule has 33 heavy (non-hydrogen) atoms. The fourth-order valence-corrected chi connectivity index (χ4v) is 4.56. The van der Waals surface area contributed by atoms with Crippen LogP contribution in [0.1, 0.15) is 22.4 Å². The average Bonchev–Trinajstić information content (AvgIpc) is 2.85. The van der Waals surface area contributed by atoms with E-state index in [1.807, 2.05) is 54.7 Å². The third-order valence-electron chi connectivity index (χ3n) is 6.11. The Hall–Kier alpha value is -4.05. The Balaban J connectivity index is 1.84. The van der Waals surface area contributed by atoms with Gasteiger partial charge in [0, 0.05) is 30.3 Å². The van der Waals surface area contributed by atoms with Crippen LogP contribution in [0.3, 0.4) is 0 Å². The summed E-state index contributed by atoms with van der Waals surface area (Å²) in [5.41, 5.74) is 4.47. The molecule has 0 radical (unpaired) electrons. The maximum absolute atomic E-state index is 10.6. The van der Waals surface area contributed by atoms with Crippen LogP contribution in [0, 0.1) is 0 Å². The molecule has 4 aromatic carbocycles. The summed E-state index contributed by atoms with van der Waals surface area (Å²) in [7, 11) is 3.27. The number of aromatic hydroxyl groups is 1. The molecule has 1 N–H and O–H groups in total. The summed E-state index contributed by atoms with van der Waals surface area (Å²) in [6, 6.07) is 26.4. The van der Waals surface area contributed by atoms with Gasteiger partial charge >= 0.3 is 0 Å². The molecule has 4 heteroatoms. The Morgan fingerprint density at radius 3 is 2.27 bits per heavy atom. The van der Waals surface area contributed by atoms with Gasteiger partial charge in [-0.05, 0) is 69.1 Å². The highest BCUT2D eigenvalue weighted by Crippen LogP contribution is 2.41. The molecule has 0 atom stereocenters. The summed E-state index contributed by atoms with van der Waals surface area (Å²) in [4.78, 5) is 4.54. The van der Waals surface area contributed by atoms with E-state index in [1.54, 1.807) is 20.3 Å². The van der Waals surface area contributed by atoms with Gasteiger partial charge in [0.1, 0.15) is 5.75 Å². The van der Waals surface area contributed by atoms with Crippen molar-refractivity contribution in [1.82, 2.24) is 4.98 Å². The van der Waals surface area contributed by atoms with Crippen LogP contribution in [0.4, 0.5) is 0 Å². The molecule has 1 heterocycles. The zero-order valence-corrected chi connectivity index (χ0v) is 18.7. The molecule has 164 valence electrons.